The lowest BCUT2D eigenvalue weighted by atomic mass is 10.2. The molecule has 2 rings (SSSR count). The fourth-order valence-electron chi connectivity index (χ4n) is 1.62. The van der Waals surface area contributed by atoms with Gasteiger partial charge in [0.1, 0.15) is 16.8 Å². The summed E-state index contributed by atoms with van der Waals surface area (Å²) in [7, 11) is -4.05. The average molecular weight is 326 g/mol. The molecule has 3 N–H and O–H groups in total. The highest BCUT2D eigenvalue weighted by molar-refractivity contribution is 7.92. The van der Waals surface area contributed by atoms with Gasteiger partial charge < -0.3 is 5.73 Å². The molecule has 2 aromatic carbocycles. The monoisotopic (exact) mass is 325 g/mol. The highest BCUT2D eigenvalue weighted by atomic mass is 35.5. The van der Waals surface area contributed by atoms with Crippen LogP contribution in [0, 0.1) is 17.1 Å². The fourth-order valence-corrected chi connectivity index (χ4v) is 3.24. The second-order valence-corrected chi connectivity index (χ2v) is 6.16. The van der Waals surface area contributed by atoms with E-state index in [4.69, 9.17) is 22.6 Å². The molecule has 0 amide bonds. The third-order valence-electron chi connectivity index (χ3n) is 2.59. The van der Waals surface area contributed by atoms with E-state index in [0.717, 1.165) is 18.2 Å². The predicted molar refractivity (Wildman–Crippen MR) is 77.8 cm³/mol. The van der Waals surface area contributed by atoms with Crippen molar-refractivity contribution in [1.29, 1.82) is 5.26 Å². The maximum Gasteiger partial charge on any atom is 0.263 e. The fraction of sp³-hybridized carbons (Fsp3) is 0. The largest absolute Gasteiger partial charge is 0.399 e. The second kappa shape index (κ2) is 5.60. The SMILES string of the molecule is N#Cc1cc(F)ccc1NS(=O)(=O)c1cc(N)ccc1Cl. The van der Waals surface area contributed by atoms with Gasteiger partial charge >= 0.3 is 0 Å². The van der Waals surface area contributed by atoms with Crippen molar-refractivity contribution in [3.63, 3.8) is 0 Å². The molecule has 0 aliphatic carbocycles. The van der Waals surface area contributed by atoms with Crippen molar-refractivity contribution >= 4 is 33.0 Å². The number of nitrogens with zero attached hydrogens (tertiary/aromatic N) is 1. The Balaban J connectivity index is 2.48. The van der Waals surface area contributed by atoms with Gasteiger partial charge in [-0.05, 0) is 36.4 Å². The van der Waals surface area contributed by atoms with Gasteiger partial charge in [-0.25, -0.2) is 12.8 Å². The van der Waals surface area contributed by atoms with Crippen molar-refractivity contribution in [3.8, 4) is 6.07 Å². The Bertz CT molecular complexity index is 847. The number of halogens is 2. The van der Waals surface area contributed by atoms with E-state index in [0.29, 0.717) is 0 Å². The predicted octanol–water partition coefficient (Wildman–Crippen LogP) is 2.73. The summed E-state index contributed by atoms with van der Waals surface area (Å²) in [6.07, 6.45) is 0. The zero-order valence-electron chi connectivity index (χ0n) is 10.5. The lowest BCUT2D eigenvalue weighted by Crippen LogP contribution is -2.14. The molecule has 0 fully saturated rings. The molecule has 0 atom stereocenters. The smallest absolute Gasteiger partial charge is 0.263 e. The number of nitriles is 1. The van der Waals surface area contributed by atoms with Crippen LogP contribution in [0.2, 0.25) is 5.02 Å². The summed E-state index contributed by atoms with van der Waals surface area (Å²) in [6, 6.07) is 8.84. The Morgan fingerprint density at radius 3 is 2.62 bits per heavy atom. The van der Waals surface area contributed by atoms with Crippen molar-refractivity contribution in [1.82, 2.24) is 0 Å². The van der Waals surface area contributed by atoms with E-state index >= 15 is 0 Å². The third kappa shape index (κ3) is 3.24. The molecule has 0 heterocycles. The highest BCUT2D eigenvalue weighted by Crippen LogP contribution is 2.27. The van der Waals surface area contributed by atoms with Crippen LogP contribution >= 0.6 is 11.6 Å². The molecular formula is C13H9ClFN3O2S. The van der Waals surface area contributed by atoms with E-state index < -0.39 is 15.8 Å². The Kier molecular flexibility index (Phi) is 4.02. The third-order valence-corrected chi connectivity index (χ3v) is 4.44. The molecule has 0 unspecified atom stereocenters. The molecule has 0 spiro atoms. The van der Waals surface area contributed by atoms with Gasteiger partial charge in [0, 0.05) is 5.69 Å². The van der Waals surface area contributed by atoms with Gasteiger partial charge in [-0.15, -0.1) is 0 Å². The molecular weight excluding hydrogens is 317 g/mol. The summed E-state index contributed by atoms with van der Waals surface area (Å²) in [4.78, 5) is -0.225. The lowest BCUT2D eigenvalue weighted by Gasteiger charge is -2.11. The van der Waals surface area contributed by atoms with Crippen molar-refractivity contribution in [2.45, 2.75) is 4.90 Å². The molecule has 0 radical (unpaired) electrons. The topological polar surface area (TPSA) is 96.0 Å². The molecule has 0 saturated carbocycles. The summed E-state index contributed by atoms with van der Waals surface area (Å²) in [5.74, 6) is -0.642. The van der Waals surface area contributed by atoms with Gasteiger partial charge in [0.15, 0.2) is 0 Å². The summed E-state index contributed by atoms with van der Waals surface area (Å²) >= 11 is 5.85. The van der Waals surface area contributed by atoms with Crippen LogP contribution in [-0.4, -0.2) is 8.42 Å². The normalized spacial score (nSPS) is 10.9. The van der Waals surface area contributed by atoms with Crippen molar-refractivity contribution in [2.24, 2.45) is 0 Å². The Morgan fingerprint density at radius 2 is 1.95 bits per heavy atom. The van der Waals surface area contributed by atoms with Crippen LogP contribution in [0.25, 0.3) is 0 Å². The number of benzene rings is 2. The number of hydrogen-bond acceptors (Lipinski definition) is 4. The maximum atomic E-state index is 13.0. The van der Waals surface area contributed by atoms with Crippen LogP contribution in [0.1, 0.15) is 5.56 Å². The minimum Gasteiger partial charge on any atom is -0.399 e. The zero-order valence-corrected chi connectivity index (χ0v) is 12.0. The number of nitrogens with one attached hydrogen (secondary N) is 1. The Hall–Kier alpha value is -2.30. The van der Waals surface area contributed by atoms with Gasteiger partial charge in [-0.2, -0.15) is 5.26 Å². The van der Waals surface area contributed by atoms with Crippen LogP contribution in [-0.2, 0) is 10.0 Å². The Morgan fingerprint density at radius 1 is 1.24 bits per heavy atom. The molecule has 2 aromatic rings. The first-order valence-corrected chi connectivity index (χ1v) is 7.47. The number of nitrogen functional groups attached to an aromatic ring is 1. The first kappa shape index (κ1) is 15.1. The standard InChI is InChI=1S/C13H9ClFN3O2S/c14-11-3-2-10(17)6-13(11)21(19,20)18-12-4-1-9(15)5-8(12)7-16/h1-6,18H,17H2. The van der Waals surface area contributed by atoms with Crippen LogP contribution in [0.4, 0.5) is 15.8 Å². The molecule has 21 heavy (non-hydrogen) atoms. The van der Waals surface area contributed by atoms with Gasteiger partial charge in [0.05, 0.1) is 16.3 Å². The van der Waals surface area contributed by atoms with Gasteiger partial charge in [0.2, 0.25) is 0 Å². The number of rotatable bonds is 3. The average Bonchev–Trinajstić information content (AvgIpc) is 2.43. The summed E-state index contributed by atoms with van der Waals surface area (Å²) < 4.78 is 39.8. The minimum absolute atomic E-state index is 0.0164. The van der Waals surface area contributed by atoms with Crippen LogP contribution in [0.3, 0.4) is 0 Å². The molecule has 0 aliphatic heterocycles. The Labute approximate surface area is 125 Å². The van der Waals surface area contributed by atoms with Gasteiger partial charge in [-0.3, -0.25) is 4.72 Å². The molecule has 0 saturated heterocycles. The van der Waals surface area contributed by atoms with Gasteiger partial charge in [0.25, 0.3) is 10.0 Å². The number of hydrogen-bond donors (Lipinski definition) is 2. The van der Waals surface area contributed by atoms with E-state index in [1.165, 1.54) is 18.2 Å². The quantitative estimate of drug-likeness (QED) is 0.848. The zero-order chi connectivity index (χ0) is 15.6. The molecule has 0 aromatic heterocycles. The minimum atomic E-state index is -4.05. The molecule has 8 heteroatoms. The summed E-state index contributed by atoms with van der Waals surface area (Å²) in [5, 5.41) is 8.90. The first-order valence-electron chi connectivity index (χ1n) is 5.61. The molecule has 0 aliphatic rings. The number of nitrogens with two attached hydrogens (primary N) is 1. The molecule has 5 nitrogen and oxygen atoms in total. The molecule has 108 valence electrons. The maximum absolute atomic E-state index is 13.0. The van der Waals surface area contributed by atoms with E-state index in [1.807, 2.05) is 0 Å². The van der Waals surface area contributed by atoms with E-state index in [1.54, 1.807) is 6.07 Å². The summed E-state index contributed by atoms with van der Waals surface area (Å²) in [5.41, 5.74) is 5.58. The van der Waals surface area contributed by atoms with Crippen LogP contribution < -0.4 is 10.5 Å². The van der Waals surface area contributed by atoms with E-state index in [-0.39, 0.29) is 26.9 Å². The van der Waals surface area contributed by atoms with Crippen molar-refractivity contribution < 1.29 is 12.8 Å². The van der Waals surface area contributed by atoms with Crippen molar-refractivity contribution in [2.75, 3.05) is 10.5 Å². The van der Waals surface area contributed by atoms with Crippen LogP contribution in [0.15, 0.2) is 41.3 Å². The van der Waals surface area contributed by atoms with Gasteiger partial charge in [-0.1, -0.05) is 11.6 Å². The highest BCUT2D eigenvalue weighted by Gasteiger charge is 2.20. The molecule has 0 bridgehead atoms. The number of sulfonamides is 1. The van der Waals surface area contributed by atoms with E-state index in [9.17, 15) is 12.8 Å². The first-order chi connectivity index (χ1) is 9.83. The van der Waals surface area contributed by atoms with Crippen molar-refractivity contribution in [3.05, 3.63) is 52.8 Å². The second-order valence-electron chi connectivity index (χ2n) is 4.10. The van der Waals surface area contributed by atoms with Crippen LogP contribution in [0.5, 0.6) is 0 Å². The van der Waals surface area contributed by atoms with E-state index in [2.05, 4.69) is 4.72 Å². The summed E-state index contributed by atoms with van der Waals surface area (Å²) in [6.45, 7) is 0. The number of anilines is 2. The lowest BCUT2D eigenvalue weighted by molar-refractivity contribution is 0.601.